The lowest BCUT2D eigenvalue weighted by molar-refractivity contribution is -0.870. The molecule has 0 amide bonds. The number of unbranched alkanes of at least 4 members (excludes halogenated alkanes) is 51. The molecule has 0 aliphatic heterocycles. The molecule has 2 atom stereocenters. The van der Waals surface area contributed by atoms with Crippen molar-refractivity contribution in [1.29, 1.82) is 0 Å². The van der Waals surface area contributed by atoms with Gasteiger partial charge in [0, 0.05) is 12.8 Å². The van der Waals surface area contributed by atoms with Gasteiger partial charge >= 0.3 is 17.9 Å². The number of rotatable bonds is 76. The number of carboxylic acid groups (broad SMARTS) is 1. The predicted octanol–water partition coefficient (Wildman–Crippen LogP) is 25.8. The maximum Gasteiger partial charge on any atom is 0.361 e. The van der Waals surface area contributed by atoms with Gasteiger partial charge < -0.3 is 28.5 Å². The molecule has 0 spiro atoms. The summed E-state index contributed by atoms with van der Waals surface area (Å²) in [6, 6.07) is 0. The Labute approximate surface area is 577 Å². The number of hydrogen-bond donors (Lipinski definition) is 1. The Balaban J connectivity index is 3.98. The number of likely N-dealkylation sites (N-methyl/N-ethyl adjacent to an activating group) is 1. The van der Waals surface area contributed by atoms with Crippen LogP contribution in [0.5, 0.6) is 0 Å². The lowest BCUT2D eigenvalue weighted by Gasteiger charge is -2.25. The van der Waals surface area contributed by atoms with Crippen molar-refractivity contribution in [1.82, 2.24) is 0 Å². The molecule has 544 valence electrons. The average Bonchev–Trinajstić information content (AvgIpc) is 3.73. The molecule has 9 nitrogen and oxygen atoms in total. The summed E-state index contributed by atoms with van der Waals surface area (Å²) >= 11 is 0. The molecule has 0 saturated heterocycles. The molecule has 0 saturated carbocycles. The molecule has 0 heterocycles. The Morgan fingerprint density at radius 1 is 0.323 bits per heavy atom. The lowest BCUT2D eigenvalue weighted by Crippen LogP contribution is -2.40. The van der Waals surface area contributed by atoms with Crippen LogP contribution in [-0.4, -0.2) is 87.4 Å². The van der Waals surface area contributed by atoms with Crippen molar-refractivity contribution in [2.45, 2.75) is 411 Å². The smallest absolute Gasteiger partial charge is 0.361 e. The van der Waals surface area contributed by atoms with Crippen LogP contribution < -0.4 is 0 Å². The monoisotopic (exact) mass is 1310 g/mol. The number of allylic oxidation sites excluding steroid dienone is 10. The molecule has 0 radical (unpaired) electrons. The van der Waals surface area contributed by atoms with Crippen LogP contribution in [0.4, 0.5) is 0 Å². The Morgan fingerprint density at radius 2 is 0.581 bits per heavy atom. The first kappa shape index (κ1) is 90.0. The fraction of sp³-hybridized carbons (Fsp3) is 0.845. The summed E-state index contributed by atoms with van der Waals surface area (Å²) in [4.78, 5) is 37.7. The van der Waals surface area contributed by atoms with Crippen LogP contribution in [0, 0.1) is 0 Å². The standard InChI is InChI=1S/C84H155NO8/c1-6-8-10-12-14-16-18-20-22-24-26-28-30-32-34-36-38-39-40-41-42-43-45-47-49-51-53-55-57-59-61-63-65-67-69-71-73-75-82(87)93-80(79-92-84(83(88)89)90-77-76-85(3,4)5)78-91-81(86)74-72-70-68-66-64-62-60-58-56-54-52-50-48-46-44-37-35-33-31-29-27-25-23-21-19-17-15-13-11-9-7-2/h18-21,24-27,30,32,80,84H,6-17,22-23,28-29,31,33-79H2,1-5H3/p+1/b20-18-,21-19-,26-24-,27-25-,32-30-. The van der Waals surface area contributed by atoms with Crippen molar-refractivity contribution in [3.05, 3.63) is 60.8 Å². The molecule has 0 aromatic heterocycles. The van der Waals surface area contributed by atoms with Gasteiger partial charge in [-0.15, -0.1) is 0 Å². The number of carboxylic acids is 1. The van der Waals surface area contributed by atoms with Gasteiger partial charge in [-0.05, 0) is 83.5 Å². The molecular formula is C84H156NO8+. The van der Waals surface area contributed by atoms with Gasteiger partial charge in [-0.1, -0.05) is 364 Å². The van der Waals surface area contributed by atoms with Crippen LogP contribution in [0.2, 0.25) is 0 Å². The van der Waals surface area contributed by atoms with Gasteiger partial charge in [0.05, 0.1) is 34.4 Å². The van der Waals surface area contributed by atoms with Crippen molar-refractivity contribution in [2.75, 3.05) is 47.5 Å². The number of esters is 2. The molecule has 0 rings (SSSR count). The lowest BCUT2D eigenvalue weighted by atomic mass is 10.0. The molecule has 0 aliphatic carbocycles. The highest BCUT2D eigenvalue weighted by molar-refractivity contribution is 5.71. The predicted molar refractivity (Wildman–Crippen MR) is 401 cm³/mol. The van der Waals surface area contributed by atoms with E-state index in [2.05, 4.69) is 74.6 Å². The summed E-state index contributed by atoms with van der Waals surface area (Å²) in [5, 5.41) is 9.77. The Morgan fingerprint density at radius 3 is 0.860 bits per heavy atom. The Bertz CT molecular complexity index is 1710. The van der Waals surface area contributed by atoms with Crippen LogP contribution >= 0.6 is 0 Å². The van der Waals surface area contributed by atoms with E-state index >= 15 is 0 Å². The zero-order valence-electron chi connectivity index (χ0n) is 62.4. The third-order valence-corrected chi connectivity index (χ3v) is 18.2. The summed E-state index contributed by atoms with van der Waals surface area (Å²) < 4.78 is 23.1. The van der Waals surface area contributed by atoms with E-state index in [4.69, 9.17) is 18.9 Å². The first-order chi connectivity index (χ1) is 45.6. The van der Waals surface area contributed by atoms with Gasteiger partial charge in [0.15, 0.2) is 6.10 Å². The van der Waals surface area contributed by atoms with Crippen LogP contribution in [0.3, 0.4) is 0 Å². The molecule has 2 unspecified atom stereocenters. The average molecular weight is 1310 g/mol. The van der Waals surface area contributed by atoms with E-state index in [1.807, 2.05) is 21.1 Å². The fourth-order valence-corrected chi connectivity index (χ4v) is 12.1. The van der Waals surface area contributed by atoms with Crippen molar-refractivity contribution < 1.29 is 42.9 Å². The van der Waals surface area contributed by atoms with Gasteiger partial charge in [-0.25, -0.2) is 4.79 Å². The highest BCUT2D eigenvalue weighted by Crippen LogP contribution is 2.19. The summed E-state index contributed by atoms with van der Waals surface area (Å²) in [5.74, 6) is -1.98. The summed E-state index contributed by atoms with van der Waals surface area (Å²) in [7, 11) is 6.00. The molecule has 0 aromatic carbocycles. The van der Waals surface area contributed by atoms with Gasteiger partial charge in [-0.2, -0.15) is 0 Å². The summed E-state index contributed by atoms with van der Waals surface area (Å²) in [6.45, 7) is 4.92. The van der Waals surface area contributed by atoms with Crippen molar-refractivity contribution >= 4 is 17.9 Å². The molecule has 0 bridgehead atoms. The van der Waals surface area contributed by atoms with Crippen LogP contribution in [-0.2, 0) is 33.3 Å². The van der Waals surface area contributed by atoms with E-state index in [1.54, 1.807) is 0 Å². The highest BCUT2D eigenvalue weighted by Gasteiger charge is 2.25. The molecule has 0 aromatic rings. The Kier molecular flexibility index (Phi) is 72.4. The zero-order chi connectivity index (χ0) is 67.5. The number of carbonyl (C=O) groups excluding carboxylic acids is 2. The van der Waals surface area contributed by atoms with Crippen LogP contribution in [0.25, 0.3) is 0 Å². The number of carbonyl (C=O) groups is 3. The van der Waals surface area contributed by atoms with Gasteiger partial charge in [-0.3, -0.25) is 9.59 Å². The van der Waals surface area contributed by atoms with Crippen molar-refractivity contribution in [2.24, 2.45) is 0 Å². The molecule has 1 N–H and O–H groups in total. The molecule has 9 heteroatoms. The molecular weight excluding hydrogens is 1150 g/mol. The number of quaternary nitrogens is 1. The maximum atomic E-state index is 13.0. The minimum Gasteiger partial charge on any atom is -0.477 e. The van der Waals surface area contributed by atoms with E-state index in [0.717, 1.165) is 57.8 Å². The first-order valence-corrected chi connectivity index (χ1v) is 40.5. The first-order valence-electron chi connectivity index (χ1n) is 40.5. The van der Waals surface area contributed by atoms with Crippen molar-refractivity contribution in [3.63, 3.8) is 0 Å². The summed E-state index contributed by atoms with van der Waals surface area (Å²) in [6.07, 6.45) is 96.6. The SMILES string of the molecule is CCCCCCC/C=C\C/C=C\C/C=C\CCCCCCCCCCCCCCCCCCCCCCCCC(=O)OC(COC(=O)CCCCCCCCCCCCCCCCCCCCC/C=C\C/C=C\CCCCCCC)COC(OCC[N+](C)(C)C)C(=O)O. The number of ether oxygens (including phenoxy) is 4. The minimum atomic E-state index is -1.51. The van der Waals surface area contributed by atoms with E-state index in [9.17, 15) is 19.5 Å². The van der Waals surface area contributed by atoms with Crippen LogP contribution in [0.1, 0.15) is 399 Å². The third kappa shape index (κ3) is 76.2. The van der Waals surface area contributed by atoms with Crippen LogP contribution in [0.15, 0.2) is 60.8 Å². The number of nitrogens with zero attached hydrogens (tertiary/aromatic N) is 1. The summed E-state index contributed by atoms with van der Waals surface area (Å²) in [5.41, 5.74) is 0. The zero-order valence-corrected chi connectivity index (χ0v) is 62.4. The highest BCUT2D eigenvalue weighted by atomic mass is 16.7. The quantitative estimate of drug-likeness (QED) is 0.0211. The number of hydrogen-bond acceptors (Lipinski definition) is 7. The largest absolute Gasteiger partial charge is 0.477 e. The Hall–Kier alpha value is -3.01. The second kappa shape index (κ2) is 74.8. The second-order valence-electron chi connectivity index (χ2n) is 28.7. The molecule has 0 aliphatic rings. The molecule has 0 fully saturated rings. The van der Waals surface area contributed by atoms with Gasteiger partial charge in [0.1, 0.15) is 13.2 Å². The minimum absolute atomic E-state index is 0.177. The van der Waals surface area contributed by atoms with E-state index < -0.39 is 18.4 Å². The van der Waals surface area contributed by atoms with Crippen molar-refractivity contribution in [3.8, 4) is 0 Å². The van der Waals surface area contributed by atoms with E-state index in [0.29, 0.717) is 17.4 Å². The number of aliphatic carboxylic acids is 1. The fourth-order valence-electron chi connectivity index (χ4n) is 12.1. The maximum absolute atomic E-state index is 13.0. The topological polar surface area (TPSA) is 108 Å². The van der Waals surface area contributed by atoms with E-state index in [1.165, 1.54) is 315 Å². The van der Waals surface area contributed by atoms with E-state index in [-0.39, 0.29) is 38.2 Å². The van der Waals surface area contributed by atoms with Gasteiger partial charge in [0.25, 0.3) is 6.29 Å². The molecule has 93 heavy (non-hydrogen) atoms. The normalized spacial score (nSPS) is 12.9. The third-order valence-electron chi connectivity index (χ3n) is 18.2. The van der Waals surface area contributed by atoms with Gasteiger partial charge in [0.2, 0.25) is 0 Å². The second-order valence-corrected chi connectivity index (χ2v) is 28.7.